The van der Waals surface area contributed by atoms with E-state index in [2.05, 4.69) is 17.6 Å². The van der Waals surface area contributed by atoms with Crippen LogP contribution in [-0.2, 0) is 0 Å². The number of nitrogens with zero attached hydrogens (tertiary/aromatic N) is 1. The zero-order valence-electron chi connectivity index (χ0n) is 7.66. The SMILES string of the molecule is OC(C1CC1)(C1CN=C(S)S1)C(F)(F)F. The highest BCUT2D eigenvalue weighted by atomic mass is 32.2. The van der Waals surface area contributed by atoms with Gasteiger partial charge >= 0.3 is 6.18 Å². The summed E-state index contributed by atoms with van der Waals surface area (Å²) in [5.41, 5.74) is -2.59. The summed E-state index contributed by atoms with van der Waals surface area (Å²) in [5, 5.41) is 8.92. The number of aliphatic hydroxyl groups is 1. The molecule has 0 bridgehead atoms. The van der Waals surface area contributed by atoms with E-state index in [-0.39, 0.29) is 6.54 Å². The number of aliphatic imine (C=N–C) groups is 1. The minimum absolute atomic E-state index is 0.00396. The predicted octanol–water partition coefficient (Wildman–Crippen LogP) is 2.09. The maximum absolute atomic E-state index is 12.8. The largest absolute Gasteiger partial charge is 0.418 e. The van der Waals surface area contributed by atoms with E-state index >= 15 is 0 Å². The van der Waals surface area contributed by atoms with Crippen LogP contribution in [-0.4, -0.2) is 33.1 Å². The van der Waals surface area contributed by atoms with Crippen LogP contribution in [0.25, 0.3) is 0 Å². The van der Waals surface area contributed by atoms with Gasteiger partial charge in [-0.05, 0) is 18.8 Å². The summed E-state index contributed by atoms with van der Waals surface area (Å²) < 4.78 is 38.8. The van der Waals surface area contributed by atoms with Crippen molar-refractivity contribution in [2.75, 3.05) is 6.54 Å². The number of halogens is 3. The summed E-state index contributed by atoms with van der Waals surface area (Å²) in [6, 6.07) is 0. The topological polar surface area (TPSA) is 32.6 Å². The minimum Gasteiger partial charge on any atom is -0.379 e. The van der Waals surface area contributed by atoms with Crippen molar-refractivity contribution >= 4 is 28.8 Å². The van der Waals surface area contributed by atoms with E-state index in [1.165, 1.54) is 0 Å². The van der Waals surface area contributed by atoms with Gasteiger partial charge in [-0.3, -0.25) is 4.99 Å². The summed E-state index contributed by atoms with van der Waals surface area (Å²) in [6.07, 6.45) is -3.70. The van der Waals surface area contributed by atoms with E-state index in [4.69, 9.17) is 0 Å². The van der Waals surface area contributed by atoms with Crippen molar-refractivity contribution in [3.05, 3.63) is 0 Å². The summed E-state index contributed by atoms with van der Waals surface area (Å²) in [5.74, 6) is -0.663. The maximum Gasteiger partial charge on any atom is 0.418 e. The van der Waals surface area contributed by atoms with Gasteiger partial charge in [-0.2, -0.15) is 13.2 Å². The summed E-state index contributed by atoms with van der Waals surface area (Å²) in [7, 11) is 0. The van der Waals surface area contributed by atoms with Crippen molar-refractivity contribution in [2.45, 2.75) is 29.9 Å². The van der Waals surface area contributed by atoms with Gasteiger partial charge in [-0.15, -0.1) is 12.6 Å². The van der Waals surface area contributed by atoms with Gasteiger partial charge in [0, 0.05) is 0 Å². The molecule has 2 rings (SSSR count). The van der Waals surface area contributed by atoms with Crippen molar-refractivity contribution in [2.24, 2.45) is 10.9 Å². The van der Waals surface area contributed by atoms with Crippen LogP contribution >= 0.6 is 24.4 Å². The Morgan fingerprint density at radius 3 is 2.33 bits per heavy atom. The second-order valence-electron chi connectivity index (χ2n) is 3.83. The van der Waals surface area contributed by atoms with E-state index in [9.17, 15) is 18.3 Å². The number of thiol groups is 1. The highest BCUT2D eigenvalue weighted by Gasteiger charge is 2.66. The number of hydrogen-bond acceptors (Lipinski definition) is 3. The van der Waals surface area contributed by atoms with Crippen LogP contribution < -0.4 is 0 Å². The fraction of sp³-hybridized carbons (Fsp3) is 0.875. The van der Waals surface area contributed by atoms with E-state index in [1.54, 1.807) is 0 Å². The molecule has 0 amide bonds. The van der Waals surface area contributed by atoms with Crippen molar-refractivity contribution in [3.63, 3.8) is 0 Å². The standard InChI is InChI=1S/C8H10F3NOS2/c9-8(10,11)7(13,4-1-2-4)5-3-12-6(14)15-5/h4-5,13H,1-3H2,(H,12,14). The molecule has 1 N–H and O–H groups in total. The lowest BCUT2D eigenvalue weighted by atomic mass is 9.92. The minimum atomic E-state index is -4.58. The number of rotatable bonds is 2. The number of alkyl halides is 3. The first kappa shape index (κ1) is 11.6. The molecular weight excluding hydrogens is 247 g/mol. The van der Waals surface area contributed by atoms with Gasteiger partial charge in [0.1, 0.15) is 4.38 Å². The van der Waals surface area contributed by atoms with Gasteiger partial charge in [0.05, 0.1) is 11.8 Å². The van der Waals surface area contributed by atoms with Crippen molar-refractivity contribution in [3.8, 4) is 0 Å². The number of hydrogen-bond donors (Lipinski definition) is 2. The molecule has 1 aliphatic heterocycles. The highest BCUT2D eigenvalue weighted by molar-refractivity contribution is 8.33. The monoisotopic (exact) mass is 257 g/mol. The molecule has 0 aromatic heterocycles. The van der Waals surface area contributed by atoms with Gasteiger partial charge in [0.25, 0.3) is 0 Å². The van der Waals surface area contributed by atoms with Crippen LogP contribution in [0.3, 0.4) is 0 Å². The van der Waals surface area contributed by atoms with Crippen molar-refractivity contribution in [1.29, 1.82) is 0 Å². The fourth-order valence-electron chi connectivity index (χ4n) is 1.79. The maximum atomic E-state index is 12.8. The predicted molar refractivity (Wildman–Crippen MR) is 56.4 cm³/mol. The van der Waals surface area contributed by atoms with Gasteiger partial charge in [-0.1, -0.05) is 11.8 Å². The Kier molecular flexibility index (Phi) is 2.76. The Labute approximate surface area is 94.7 Å². The summed E-state index contributed by atoms with van der Waals surface area (Å²) in [6.45, 7) is -0.00396. The molecule has 0 radical (unpaired) electrons. The average molecular weight is 257 g/mol. The normalized spacial score (nSPS) is 31.3. The smallest absolute Gasteiger partial charge is 0.379 e. The third kappa shape index (κ3) is 1.89. The van der Waals surface area contributed by atoms with Crippen LogP contribution in [0.15, 0.2) is 4.99 Å². The Morgan fingerprint density at radius 1 is 1.40 bits per heavy atom. The molecule has 15 heavy (non-hydrogen) atoms. The lowest BCUT2D eigenvalue weighted by Gasteiger charge is -2.34. The molecule has 2 nitrogen and oxygen atoms in total. The van der Waals surface area contributed by atoms with Crippen molar-refractivity contribution in [1.82, 2.24) is 0 Å². The second kappa shape index (κ2) is 3.56. The first-order chi connectivity index (χ1) is 6.85. The molecule has 1 fully saturated rings. The zero-order chi connectivity index (χ0) is 11.3. The van der Waals surface area contributed by atoms with E-state index < -0.39 is 22.9 Å². The molecule has 86 valence electrons. The fourth-order valence-corrected chi connectivity index (χ4v) is 3.31. The molecule has 2 atom stereocenters. The Hall–Kier alpha value is 0.120. The zero-order valence-corrected chi connectivity index (χ0v) is 9.37. The summed E-state index contributed by atoms with van der Waals surface area (Å²) >= 11 is 4.81. The van der Waals surface area contributed by atoms with Crippen LogP contribution in [0.2, 0.25) is 0 Å². The van der Waals surface area contributed by atoms with Gasteiger partial charge < -0.3 is 5.11 Å². The lowest BCUT2D eigenvalue weighted by Crippen LogP contribution is -2.55. The molecule has 1 heterocycles. The first-order valence-electron chi connectivity index (χ1n) is 4.55. The highest BCUT2D eigenvalue weighted by Crippen LogP contribution is 2.53. The van der Waals surface area contributed by atoms with Gasteiger partial charge in [0.15, 0.2) is 5.60 Å². The van der Waals surface area contributed by atoms with Crippen molar-refractivity contribution < 1.29 is 18.3 Å². The van der Waals surface area contributed by atoms with Crippen LogP contribution in [0.4, 0.5) is 13.2 Å². The lowest BCUT2D eigenvalue weighted by molar-refractivity contribution is -0.267. The third-order valence-corrected chi connectivity index (χ3v) is 4.38. The van der Waals surface area contributed by atoms with Gasteiger partial charge in [-0.25, -0.2) is 0 Å². The second-order valence-corrected chi connectivity index (χ2v) is 5.74. The summed E-state index contributed by atoms with van der Waals surface area (Å²) in [4.78, 5) is 3.79. The molecular formula is C8H10F3NOS2. The van der Waals surface area contributed by atoms with E-state index in [1.807, 2.05) is 0 Å². The molecule has 1 aliphatic carbocycles. The van der Waals surface area contributed by atoms with Gasteiger partial charge in [0.2, 0.25) is 0 Å². The Balaban J connectivity index is 2.20. The third-order valence-electron chi connectivity index (χ3n) is 2.78. The Morgan fingerprint density at radius 2 is 2.00 bits per heavy atom. The molecule has 7 heteroatoms. The molecule has 1 saturated carbocycles. The molecule has 0 spiro atoms. The van der Waals surface area contributed by atoms with E-state index in [0.717, 1.165) is 11.8 Å². The molecule has 0 aromatic rings. The first-order valence-corrected chi connectivity index (χ1v) is 5.87. The molecule has 2 unspecified atom stereocenters. The molecule has 0 aromatic carbocycles. The quantitative estimate of drug-likeness (QED) is 0.742. The average Bonchev–Trinajstić information content (AvgIpc) is 2.86. The van der Waals surface area contributed by atoms with Crippen LogP contribution in [0, 0.1) is 5.92 Å². The Bertz CT molecular complexity index is 303. The van der Waals surface area contributed by atoms with Crippen LogP contribution in [0.1, 0.15) is 12.8 Å². The molecule has 2 aliphatic rings. The van der Waals surface area contributed by atoms with Crippen LogP contribution in [0.5, 0.6) is 0 Å². The number of thioether (sulfide) groups is 1. The van der Waals surface area contributed by atoms with E-state index in [0.29, 0.717) is 17.2 Å². The molecule has 0 saturated heterocycles.